The highest BCUT2D eigenvalue weighted by Gasteiger charge is 2.04. The molecule has 0 bridgehead atoms. The first-order chi connectivity index (χ1) is 7.97. The first kappa shape index (κ1) is 18.3. The van der Waals surface area contributed by atoms with Gasteiger partial charge in [-0.1, -0.05) is 52.7 Å². The zero-order valence-corrected chi connectivity index (χ0v) is 12.7. The lowest BCUT2D eigenvalue weighted by atomic mass is 9.93. The van der Waals surface area contributed by atoms with Crippen molar-refractivity contribution < 1.29 is 0 Å². The number of hydrogen-bond donors (Lipinski definition) is 0. The zero-order valence-electron chi connectivity index (χ0n) is 12.7. The minimum Gasteiger partial charge on any atom is -0.193 e. The molecule has 0 aliphatic rings. The van der Waals surface area contributed by atoms with Gasteiger partial charge in [-0.3, -0.25) is 0 Å². The molecule has 98 valence electrons. The Labute approximate surface area is 108 Å². The number of hydrogen-bond acceptors (Lipinski definition) is 1. The average molecular weight is 235 g/mol. The standard InChI is InChI=1S/C14H23N.C2H6/c1-11(2)6-8-13(4)14(5)9-7-12(3)10-15;1-2/h7,9,11,13H,6,8H2,1-5H3;1-2H3/b12-7+,14-9+;. The van der Waals surface area contributed by atoms with Gasteiger partial charge in [-0.25, -0.2) is 0 Å². The third kappa shape index (κ3) is 11.2. The van der Waals surface area contributed by atoms with Gasteiger partial charge >= 0.3 is 0 Å². The van der Waals surface area contributed by atoms with E-state index in [0.29, 0.717) is 5.92 Å². The Balaban J connectivity index is 0. The molecule has 17 heavy (non-hydrogen) atoms. The van der Waals surface area contributed by atoms with Crippen molar-refractivity contribution in [3.63, 3.8) is 0 Å². The molecule has 0 aliphatic heterocycles. The van der Waals surface area contributed by atoms with Crippen molar-refractivity contribution in [3.8, 4) is 6.07 Å². The predicted octanol–water partition coefficient (Wildman–Crippen LogP) is 5.50. The minimum absolute atomic E-state index is 0.621. The molecular weight excluding hydrogens is 206 g/mol. The van der Waals surface area contributed by atoms with E-state index in [1.165, 1.54) is 18.4 Å². The van der Waals surface area contributed by atoms with E-state index in [1.54, 1.807) is 0 Å². The lowest BCUT2D eigenvalue weighted by molar-refractivity contribution is 0.489. The van der Waals surface area contributed by atoms with Gasteiger partial charge in [0, 0.05) is 5.57 Å². The lowest BCUT2D eigenvalue weighted by Gasteiger charge is -2.13. The van der Waals surface area contributed by atoms with Crippen LogP contribution in [-0.4, -0.2) is 0 Å². The second kappa shape index (κ2) is 11.5. The van der Waals surface area contributed by atoms with E-state index in [2.05, 4.69) is 39.8 Å². The fourth-order valence-corrected chi connectivity index (χ4v) is 1.27. The molecule has 0 aromatic heterocycles. The van der Waals surface area contributed by atoms with E-state index >= 15 is 0 Å². The van der Waals surface area contributed by atoms with Crippen LogP contribution in [0.25, 0.3) is 0 Å². The third-order valence-corrected chi connectivity index (χ3v) is 2.73. The fourth-order valence-electron chi connectivity index (χ4n) is 1.27. The smallest absolute Gasteiger partial charge is 0.0944 e. The second-order valence-corrected chi connectivity index (χ2v) is 4.74. The van der Waals surface area contributed by atoms with Gasteiger partial charge in [0.2, 0.25) is 0 Å². The number of allylic oxidation sites excluding steroid dienone is 4. The van der Waals surface area contributed by atoms with Crippen LogP contribution < -0.4 is 0 Å². The highest BCUT2D eigenvalue weighted by atomic mass is 14.2. The molecule has 0 saturated carbocycles. The largest absolute Gasteiger partial charge is 0.193 e. The summed E-state index contributed by atoms with van der Waals surface area (Å²) in [6.07, 6.45) is 6.48. The summed E-state index contributed by atoms with van der Waals surface area (Å²) >= 11 is 0. The van der Waals surface area contributed by atoms with Gasteiger partial charge in [0.25, 0.3) is 0 Å². The molecule has 1 unspecified atom stereocenters. The molecule has 0 spiro atoms. The van der Waals surface area contributed by atoms with Crippen LogP contribution in [0.4, 0.5) is 0 Å². The van der Waals surface area contributed by atoms with Crippen molar-refractivity contribution in [3.05, 3.63) is 23.3 Å². The maximum atomic E-state index is 8.61. The van der Waals surface area contributed by atoms with E-state index in [0.717, 1.165) is 11.5 Å². The van der Waals surface area contributed by atoms with Crippen LogP contribution in [0.15, 0.2) is 23.3 Å². The normalized spacial score (nSPS) is 13.8. The summed E-state index contributed by atoms with van der Waals surface area (Å²) in [7, 11) is 0. The SMILES string of the molecule is C/C(C#N)=C\C=C(/C)C(C)CCC(C)C.CC. The molecule has 0 heterocycles. The predicted molar refractivity (Wildman–Crippen MR) is 77.7 cm³/mol. The van der Waals surface area contributed by atoms with Crippen LogP contribution in [0.2, 0.25) is 0 Å². The molecule has 0 radical (unpaired) electrons. The molecule has 0 aromatic carbocycles. The molecule has 0 fully saturated rings. The van der Waals surface area contributed by atoms with Crippen molar-refractivity contribution in [2.45, 2.75) is 61.3 Å². The van der Waals surface area contributed by atoms with Crippen molar-refractivity contribution in [1.82, 2.24) is 0 Å². The Morgan fingerprint density at radius 2 is 1.59 bits per heavy atom. The van der Waals surface area contributed by atoms with Crippen LogP contribution >= 0.6 is 0 Å². The Kier molecular flexibility index (Phi) is 12.4. The first-order valence-electron chi connectivity index (χ1n) is 6.72. The molecule has 1 atom stereocenters. The van der Waals surface area contributed by atoms with E-state index in [9.17, 15) is 0 Å². The van der Waals surface area contributed by atoms with E-state index in [1.807, 2.05) is 26.8 Å². The van der Waals surface area contributed by atoms with E-state index < -0.39 is 0 Å². The summed E-state index contributed by atoms with van der Waals surface area (Å²) in [5.74, 6) is 1.40. The molecule has 1 nitrogen and oxygen atoms in total. The maximum absolute atomic E-state index is 8.61. The number of rotatable bonds is 5. The van der Waals surface area contributed by atoms with Gasteiger partial charge in [0.05, 0.1) is 6.07 Å². The molecule has 0 N–H and O–H groups in total. The van der Waals surface area contributed by atoms with Crippen LogP contribution in [0.3, 0.4) is 0 Å². The van der Waals surface area contributed by atoms with E-state index in [-0.39, 0.29) is 0 Å². The van der Waals surface area contributed by atoms with Crippen LogP contribution in [0.1, 0.15) is 61.3 Å². The van der Waals surface area contributed by atoms with Gasteiger partial charge in [0.1, 0.15) is 0 Å². The average Bonchev–Trinajstić information content (AvgIpc) is 2.34. The van der Waals surface area contributed by atoms with Crippen LogP contribution in [0.5, 0.6) is 0 Å². The van der Waals surface area contributed by atoms with Gasteiger partial charge in [-0.15, -0.1) is 0 Å². The molecule has 0 aliphatic carbocycles. The molecule has 0 rings (SSSR count). The summed E-state index contributed by atoms with van der Waals surface area (Å²) in [5, 5.41) is 8.61. The minimum atomic E-state index is 0.621. The highest BCUT2D eigenvalue weighted by Crippen LogP contribution is 2.19. The molecule has 0 saturated heterocycles. The third-order valence-electron chi connectivity index (χ3n) is 2.73. The molecule has 0 aromatic rings. The first-order valence-corrected chi connectivity index (χ1v) is 6.72. The van der Waals surface area contributed by atoms with Gasteiger partial charge < -0.3 is 0 Å². The maximum Gasteiger partial charge on any atom is 0.0944 e. The molecule has 0 amide bonds. The van der Waals surface area contributed by atoms with Crippen LogP contribution in [0, 0.1) is 23.2 Å². The molecule has 1 heteroatoms. The van der Waals surface area contributed by atoms with E-state index in [4.69, 9.17) is 5.26 Å². The van der Waals surface area contributed by atoms with Crippen LogP contribution in [-0.2, 0) is 0 Å². The van der Waals surface area contributed by atoms with Gasteiger partial charge in [-0.05, 0) is 38.2 Å². The highest BCUT2D eigenvalue weighted by molar-refractivity contribution is 5.25. The Hall–Kier alpha value is -1.03. The van der Waals surface area contributed by atoms with Crippen molar-refractivity contribution in [2.75, 3.05) is 0 Å². The summed E-state index contributed by atoms with van der Waals surface area (Å²) < 4.78 is 0. The zero-order chi connectivity index (χ0) is 13.8. The summed E-state index contributed by atoms with van der Waals surface area (Å²) in [6.45, 7) is 14.7. The quantitative estimate of drug-likeness (QED) is 0.456. The fraction of sp³-hybridized carbons (Fsp3) is 0.688. The van der Waals surface area contributed by atoms with Crippen molar-refractivity contribution in [1.29, 1.82) is 5.26 Å². The number of nitriles is 1. The summed E-state index contributed by atoms with van der Waals surface area (Å²) in [6, 6.07) is 2.13. The lowest BCUT2D eigenvalue weighted by Crippen LogP contribution is -1.99. The second-order valence-electron chi connectivity index (χ2n) is 4.74. The van der Waals surface area contributed by atoms with Gasteiger partial charge in [-0.2, -0.15) is 5.26 Å². The number of nitrogens with zero attached hydrogens (tertiary/aromatic N) is 1. The molecular formula is C16H29N. The topological polar surface area (TPSA) is 23.8 Å². The Morgan fingerprint density at radius 3 is 2.00 bits per heavy atom. The Morgan fingerprint density at radius 1 is 1.06 bits per heavy atom. The van der Waals surface area contributed by atoms with Crippen molar-refractivity contribution >= 4 is 0 Å². The van der Waals surface area contributed by atoms with Gasteiger partial charge in [0.15, 0.2) is 0 Å². The summed E-state index contributed by atoms with van der Waals surface area (Å²) in [5.41, 5.74) is 2.13. The van der Waals surface area contributed by atoms with Crippen molar-refractivity contribution in [2.24, 2.45) is 11.8 Å². The monoisotopic (exact) mass is 235 g/mol. The summed E-state index contributed by atoms with van der Waals surface area (Å²) in [4.78, 5) is 0. The Bertz CT molecular complexity index is 276.